The number of carboxylic acids is 1. The van der Waals surface area contributed by atoms with Gasteiger partial charge < -0.3 is 15.7 Å². The predicted octanol–water partition coefficient (Wildman–Crippen LogP) is -0.221. The summed E-state index contributed by atoms with van der Waals surface area (Å²) in [6.45, 7) is 0.373. The van der Waals surface area contributed by atoms with Crippen molar-refractivity contribution in [1.82, 2.24) is 15.6 Å². The van der Waals surface area contributed by atoms with Crippen LogP contribution in [0.3, 0.4) is 0 Å². The van der Waals surface area contributed by atoms with Gasteiger partial charge in [0.25, 0.3) is 0 Å². The van der Waals surface area contributed by atoms with E-state index in [0.717, 1.165) is 0 Å². The molecule has 102 valence electrons. The second-order valence-corrected chi connectivity index (χ2v) is 5.07. The highest BCUT2D eigenvalue weighted by Crippen LogP contribution is 2.10. The smallest absolute Gasteiger partial charge is 0.355 e. The zero-order valence-corrected chi connectivity index (χ0v) is 10.8. The average molecular weight is 283 g/mol. The van der Waals surface area contributed by atoms with Gasteiger partial charge in [-0.3, -0.25) is 9.59 Å². The number of amides is 2. The Morgan fingerprint density at radius 2 is 2.37 bits per heavy atom. The van der Waals surface area contributed by atoms with E-state index < -0.39 is 12.0 Å². The summed E-state index contributed by atoms with van der Waals surface area (Å²) in [6, 6.07) is -0.446. The summed E-state index contributed by atoms with van der Waals surface area (Å²) in [5, 5.41) is 16.1. The largest absolute Gasteiger partial charge is 0.476 e. The van der Waals surface area contributed by atoms with Crippen LogP contribution in [0, 0.1) is 0 Å². The number of carbonyl (C=O) groups is 3. The molecule has 2 heterocycles. The van der Waals surface area contributed by atoms with Crippen molar-refractivity contribution in [3.05, 3.63) is 16.1 Å². The Morgan fingerprint density at radius 3 is 2.95 bits per heavy atom. The normalized spacial score (nSPS) is 18.1. The first kappa shape index (κ1) is 13.5. The number of nitrogens with zero attached hydrogens (tertiary/aromatic N) is 1. The minimum absolute atomic E-state index is 0.0226. The summed E-state index contributed by atoms with van der Waals surface area (Å²) in [5.41, 5.74) is 0.0226. The number of aromatic carboxylic acids is 1. The van der Waals surface area contributed by atoms with Crippen LogP contribution in [-0.2, 0) is 16.0 Å². The Hall–Kier alpha value is -1.96. The molecule has 0 radical (unpaired) electrons. The average Bonchev–Trinajstić information content (AvgIpc) is 2.98. The fraction of sp³-hybridized carbons (Fsp3) is 0.455. The third kappa shape index (κ3) is 3.50. The van der Waals surface area contributed by atoms with Crippen LogP contribution in [-0.4, -0.2) is 40.5 Å². The van der Waals surface area contributed by atoms with E-state index in [-0.39, 0.29) is 17.5 Å². The van der Waals surface area contributed by atoms with Gasteiger partial charge in [-0.2, -0.15) is 0 Å². The summed E-state index contributed by atoms with van der Waals surface area (Å²) in [7, 11) is 0. The van der Waals surface area contributed by atoms with Crippen LogP contribution in [0.4, 0.5) is 0 Å². The number of hydrogen-bond acceptors (Lipinski definition) is 5. The Morgan fingerprint density at radius 1 is 1.58 bits per heavy atom. The zero-order chi connectivity index (χ0) is 13.8. The molecule has 0 aromatic carbocycles. The highest BCUT2D eigenvalue weighted by atomic mass is 32.1. The van der Waals surface area contributed by atoms with Crippen LogP contribution >= 0.6 is 11.3 Å². The summed E-state index contributed by atoms with van der Waals surface area (Å²) < 4.78 is 0. The monoisotopic (exact) mass is 283 g/mol. The van der Waals surface area contributed by atoms with Crippen molar-refractivity contribution < 1.29 is 19.5 Å². The van der Waals surface area contributed by atoms with Gasteiger partial charge in [0.1, 0.15) is 6.04 Å². The van der Waals surface area contributed by atoms with Gasteiger partial charge >= 0.3 is 5.97 Å². The lowest BCUT2D eigenvalue weighted by Gasteiger charge is -2.09. The van der Waals surface area contributed by atoms with Gasteiger partial charge in [0.15, 0.2) is 5.69 Å². The topological polar surface area (TPSA) is 108 Å². The molecule has 0 bridgehead atoms. The third-order valence-electron chi connectivity index (χ3n) is 2.72. The molecular weight excluding hydrogens is 270 g/mol. The van der Waals surface area contributed by atoms with Crippen molar-refractivity contribution in [3.8, 4) is 0 Å². The first-order valence-electron chi connectivity index (χ1n) is 5.81. The van der Waals surface area contributed by atoms with Crippen molar-refractivity contribution in [2.75, 3.05) is 6.54 Å². The van der Waals surface area contributed by atoms with Crippen LogP contribution < -0.4 is 10.6 Å². The van der Waals surface area contributed by atoms with Crippen molar-refractivity contribution in [3.63, 3.8) is 0 Å². The van der Waals surface area contributed by atoms with E-state index in [1.807, 2.05) is 0 Å². The van der Waals surface area contributed by atoms with E-state index in [1.54, 1.807) is 0 Å². The van der Waals surface area contributed by atoms with Crippen LogP contribution in [0.25, 0.3) is 0 Å². The molecule has 1 saturated heterocycles. The van der Waals surface area contributed by atoms with Crippen molar-refractivity contribution in [2.24, 2.45) is 0 Å². The SMILES string of the molecule is O=C1CC[C@@H](C(=O)NCCc2nc(C(=O)O)cs2)N1. The standard InChI is InChI=1S/C11H13N3O4S/c15-8-2-1-6(13-8)10(16)12-4-3-9-14-7(5-19-9)11(17)18/h5-6H,1-4H2,(H,12,16)(H,13,15)(H,17,18)/t6-/m0/s1. The molecule has 1 aromatic rings. The first-order chi connectivity index (χ1) is 9.06. The molecule has 1 aromatic heterocycles. The van der Waals surface area contributed by atoms with E-state index in [2.05, 4.69) is 15.6 Å². The van der Waals surface area contributed by atoms with Crippen LogP contribution in [0.5, 0.6) is 0 Å². The van der Waals surface area contributed by atoms with Gasteiger partial charge in [0, 0.05) is 24.8 Å². The maximum Gasteiger partial charge on any atom is 0.355 e. The van der Waals surface area contributed by atoms with Crippen molar-refractivity contribution in [1.29, 1.82) is 0 Å². The van der Waals surface area contributed by atoms with Gasteiger partial charge in [0.05, 0.1) is 5.01 Å². The molecule has 8 heteroatoms. The first-order valence-corrected chi connectivity index (χ1v) is 6.69. The van der Waals surface area contributed by atoms with Crippen molar-refractivity contribution >= 4 is 29.1 Å². The number of hydrogen-bond donors (Lipinski definition) is 3. The van der Waals surface area contributed by atoms with Gasteiger partial charge in [-0.05, 0) is 6.42 Å². The number of rotatable bonds is 5. The molecule has 19 heavy (non-hydrogen) atoms. The summed E-state index contributed by atoms with van der Waals surface area (Å²) in [5.74, 6) is -1.37. The highest BCUT2D eigenvalue weighted by Gasteiger charge is 2.26. The molecule has 0 spiro atoms. The molecule has 1 atom stereocenters. The number of carboxylic acid groups (broad SMARTS) is 1. The molecule has 1 aliphatic rings. The number of thiazole rings is 1. The fourth-order valence-electron chi connectivity index (χ4n) is 1.75. The molecule has 0 saturated carbocycles. The van der Waals surface area contributed by atoms with E-state index in [0.29, 0.717) is 30.8 Å². The Kier molecular flexibility index (Phi) is 4.10. The molecule has 0 aliphatic carbocycles. The Bertz CT molecular complexity index is 514. The minimum Gasteiger partial charge on any atom is -0.476 e. The lowest BCUT2D eigenvalue weighted by molar-refractivity contribution is -0.125. The fourth-order valence-corrected chi connectivity index (χ4v) is 2.52. The summed E-state index contributed by atoms with van der Waals surface area (Å²) >= 11 is 1.25. The van der Waals surface area contributed by atoms with Crippen LogP contribution in [0.1, 0.15) is 28.3 Å². The van der Waals surface area contributed by atoms with E-state index in [1.165, 1.54) is 16.7 Å². The van der Waals surface area contributed by atoms with Crippen LogP contribution in [0.2, 0.25) is 0 Å². The summed E-state index contributed by atoms with van der Waals surface area (Å²) in [4.78, 5) is 37.2. The highest BCUT2D eigenvalue weighted by molar-refractivity contribution is 7.09. The van der Waals surface area contributed by atoms with Gasteiger partial charge in [0.2, 0.25) is 11.8 Å². The number of aromatic nitrogens is 1. The lowest BCUT2D eigenvalue weighted by atomic mass is 10.2. The second-order valence-electron chi connectivity index (χ2n) is 4.13. The maximum absolute atomic E-state index is 11.7. The molecular formula is C11H13N3O4S. The van der Waals surface area contributed by atoms with Gasteiger partial charge in [-0.15, -0.1) is 11.3 Å². The molecule has 2 rings (SSSR count). The lowest BCUT2D eigenvalue weighted by Crippen LogP contribution is -2.42. The quantitative estimate of drug-likeness (QED) is 0.692. The molecule has 7 nitrogen and oxygen atoms in total. The Balaban J connectivity index is 1.75. The van der Waals surface area contributed by atoms with Crippen molar-refractivity contribution in [2.45, 2.75) is 25.3 Å². The summed E-state index contributed by atoms with van der Waals surface area (Å²) in [6.07, 6.45) is 1.38. The van der Waals surface area contributed by atoms with E-state index in [4.69, 9.17) is 5.11 Å². The minimum atomic E-state index is -1.06. The molecule has 2 amide bonds. The molecule has 1 fully saturated rings. The van der Waals surface area contributed by atoms with Crippen LogP contribution in [0.15, 0.2) is 5.38 Å². The van der Waals surface area contributed by atoms with E-state index in [9.17, 15) is 14.4 Å². The third-order valence-corrected chi connectivity index (χ3v) is 3.63. The Labute approximate surface area is 113 Å². The second kappa shape index (κ2) is 5.79. The number of nitrogens with one attached hydrogen (secondary N) is 2. The molecule has 3 N–H and O–H groups in total. The predicted molar refractivity (Wildman–Crippen MR) is 67.0 cm³/mol. The maximum atomic E-state index is 11.7. The molecule has 0 unspecified atom stereocenters. The van der Waals surface area contributed by atoms with E-state index >= 15 is 0 Å². The zero-order valence-electron chi connectivity index (χ0n) is 10.0. The molecule has 1 aliphatic heterocycles. The van der Waals surface area contributed by atoms with Gasteiger partial charge in [-0.25, -0.2) is 9.78 Å². The van der Waals surface area contributed by atoms with Gasteiger partial charge in [-0.1, -0.05) is 0 Å². The number of carbonyl (C=O) groups excluding carboxylic acids is 2.